The van der Waals surface area contributed by atoms with Crippen molar-refractivity contribution in [2.45, 2.75) is 32.6 Å². The topological polar surface area (TPSA) is 59.0 Å². The van der Waals surface area contributed by atoms with Crippen LogP contribution in [0, 0.1) is 13.8 Å². The van der Waals surface area contributed by atoms with Crippen LogP contribution in [-0.2, 0) is 0 Å². The zero-order valence-electron chi connectivity index (χ0n) is 13.0. The first-order valence-electron chi connectivity index (χ1n) is 7.64. The standard InChI is InChI=1S/C17H20N4O/c1-12-4-3-7-19-16(12)17(22)21-8-5-14(6-9-21)15-11-18-10-13(2)20-15/h3-4,7,10-11,14H,5-6,8-9H2,1-2H3. The second-order valence-electron chi connectivity index (χ2n) is 5.82. The second-order valence-corrected chi connectivity index (χ2v) is 5.82. The molecule has 3 rings (SSSR count). The van der Waals surface area contributed by atoms with Gasteiger partial charge in [-0.05, 0) is 38.3 Å². The van der Waals surface area contributed by atoms with E-state index in [0.717, 1.165) is 42.9 Å². The Hall–Kier alpha value is -2.30. The number of amides is 1. The molecule has 0 unspecified atom stereocenters. The summed E-state index contributed by atoms with van der Waals surface area (Å²) in [6.07, 6.45) is 7.14. The molecule has 5 nitrogen and oxygen atoms in total. The molecule has 1 aliphatic rings. The summed E-state index contributed by atoms with van der Waals surface area (Å²) in [7, 11) is 0. The van der Waals surface area contributed by atoms with Gasteiger partial charge in [0.05, 0.1) is 11.4 Å². The van der Waals surface area contributed by atoms with E-state index in [1.54, 1.807) is 12.4 Å². The maximum Gasteiger partial charge on any atom is 0.272 e. The predicted octanol–water partition coefficient (Wildman–Crippen LogP) is 2.51. The summed E-state index contributed by atoms with van der Waals surface area (Å²) in [4.78, 5) is 27.5. The summed E-state index contributed by atoms with van der Waals surface area (Å²) in [6, 6.07) is 3.78. The van der Waals surface area contributed by atoms with Crippen molar-refractivity contribution in [3.63, 3.8) is 0 Å². The zero-order valence-corrected chi connectivity index (χ0v) is 13.0. The summed E-state index contributed by atoms with van der Waals surface area (Å²) in [5, 5.41) is 0. The van der Waals surface area contributed by atoms with Crippen LogP contribution < -0.4 is 0 Å². The summed E-state index contributed by atoms with van der Waals surface area (Å²) in [5.41, 5.74) is 3.48. The molecule has 22 heavy (non-hydrogen) atoms. The molecule has 0 aliphatic carbocycles. The molecule has 3 heterocycles. The van der Waals surface area contributed by atoms with Crippen LogP contribution in [0.15, 0.2) is 30.7 Å². The maximum absolute atomic E-state index is 12.6. The van der Waals surface area contributed by atoms with Crippen LogP contribution >= 0.6 is 0 Å². The highest BCUT2D eigenvalue weighted by Crippen LogP contribution is 2.27. The number of pyridine rings is 1. The molecule has 2 aromatic rings. The lowest BCUT2D eigenvalue weighted by molar-refractivity contribution is 0.0705. The number of carbonyl (C=O) groups is 1. The highest BCUT2D eigenvalue weighted by molar-refractivity contribution is 5.93. The number of aromatic nitrogens is 3. The van der Waals surface area contributed by atoms with Gasteiger partial charge in [0, 0.05) is 37.6 Å². The average molecular weight is 296 g/mol. The normalized spacial score (nSPS) is 15.8. The minimum atomic E-state index is 0.0341. The summed E-state index contributed by atoms with van der Waals surface area (Å²) in [5.74, 6) is 0.424. The number of carbonyl (C=O) groups excluding carboxylic acids is 1. The van der Waals surface area contributed by atoms with Crippen molar-refractivity contribution in [2.75, 3.05) is 13.1 Å². The molecule has 0 spiro atoms. The molecule has 1 amide bonds. The van der Waals surface area contributed by atoms with E-state index in [9.17, 15) is 4.79 Å². The van der Waals surface area contributed by atoms with Crippen LogP contribution in [0.5, 0.6) is 0 Å². The number of rotatable bonds is 2. The summed E-state index contributed by atoms with van der Waals surface area (Å²) in [6.45, 7) is 5.37. The molecule has 5 heteroatoms. The molecule has 1 saturated heterocycles. The van der Waals surface area contributed by atoms with Gasteiger partial charge >= 0.3 is 0 Å². The Bertz CT molecular complexity index is 678. The second kappa shape index (κ2) is 6.22. The Balaban J connectivity index is 1.67. The first kappa shape index (κ1) is 14.6. The number of hydrogen-bond donors (Lipinski definition) is 0. The Labute approximate surface area is 130 Å². The zero-order chi connectivity index (χ0) is 15.5. The lowest BCUT2D eigenvalue weighted by Crippen LogP contribution is -2.38. The number of likely N-dealkylation sites (tertiary alicyclic amines) is 1. The molecular weight excluding hydrogens is 276 g/mol. The fourth-order valence-electron chi connectivity index (χ4n) is 2.92. The highest BCUT2D eigenvalue weighted by Gasteiger charge is 2.26. The van der Waals surface area contributed by atoms with Gasteiger partial charge in [-0.25, -0.2) is 0 Å². The smallest absolute Gasteiger partial charge is 0.272 e. The Morgan fingerprint density at radius 2 is 2.00 bits per heavy atom. The molecule has 114 valence electrons. The van der Waals surface area contributed by atoms with Crippen molar-refractivity contribution in [3.8, 4) is 0 Å². The third-order valence-corrected chi connectivity index (χ3v) is 4.19. The van der Waals surface area contributed by atoms with Crippen molar-refractivity contribution in [1.82, 2.24) is 19.9 Å². The largest absolute Gasteiger partial charge is 0.337 e. The molecule has 1 aliphatic heterocycles. The number of hydrogen-bond acceptors (Lipinski definition) is 4. The molecule has 0 atom stereocenters. The van der Waals surface area contributed by atoms with Crippen molar-refractivity contribution in [3.05, 3.63) is 53.4 Å². The van der Waals surface area contributed by atoms with E-state index in [1.807, 2.05) is 37.1 Å². The van der Waals surface area contributed by atoms with Crippen molar-refractivity contribution < 1.29 is 4.79 Å². The first-order valence-corrected chi connectivity index (χ1v) is 7.64. The van der Waals surface area contributed by atoms with Gasteiger partial charge in [0.15, 0.2) is 0 Å². The van der Waals surface area contributed by atoms with Gasteiger partial charge in [-0.1, -0.05) is 6.07 Å². The van der Waals surface area contributed by atoms with Gasteiger partial charge in [-0.15, -0.1) is 0 Å². The van der Waals surface area contributed by atoms with Crippen LogP contribution in [0.3, 0.4) is 0 Å². The fourth-order valence-corrected chi connectivity index (χ4v) is 2.92. The van der Waals surface area contributed by atoms with Crippen molar-refractivity contribution in [1.29, 1.82) is 0 Å². The van der Waals surface area contributed by atoms with Gasteiger partial charge in [-0.2, -0.15) is 0 Å². The molecule has 0 aromatic carbocycles. The van der Waals surface area contributed by atoms with Gasteiger partial charge in [0.25, 0.3) is 5.91 Å². The average Bonchev–Trinajstić information content (AvgIpc) is 2.55. The van der Waals surface area contributed by atoms with E-state index in [0.29, 0.717) is 11.6 Å². The molecule has 0 radical (unpaired) electrons. The number of aryl methyl sites for hydroxylation is 2. The molecule has 0 N–H and O–H groups in total. The number of nitrogens with zero attached hydrogens (tertiary/aromatic N) is 4. The van der Waals surface area contributed by atoms with Crippen LogP contribution in [-0.4, -0.2) is 38.8 Å². The third-order valence-electron chi connectivity index (χ3n) is 4.19. The number of piperidine rings is 1. The maximum atomic E-state index is 12.6. The van der Waals surface area contributed by atoms with E-state index >= 15 is 0 Å². The van der Waals surface area contributed by atoms with Crippen LogP contribution in [0.4, 0.5) is 0 Å². The van der Waals surface area contributed by atoms with Gasteiger partial charge in [0.1, 0.15) is 5.69 Å². The monoisotopic (exact) mass is 296 g/mol. The van der Waals surface area contributed by atoms with E-state index < -0.39 is 0 Å². The van der Waals surface area contributed by atoms with Gasteiger partial charge in [0.2, 0.25) is 0 Å². The minimum Gasteiger partial charge on any atom is -0.337 e. The minimum absolute atomic E-state index is 0.0341. The van der Waals surface area contributed by atoms with E-state index in [1.165, 1.54) is 0 Å². The van der Waals surface area contributed by atoms with E-state index in [2.05, 4.69) is 15.0 Å². The molecule has 0 bridgehead atoms. The fraction of sp³-hybridized carbons (Fsp3) is 0.412. The van der Waals surface area contributed by atoms with Crippen LogP contribution in [0.25, 0.3) is 0 Å². The lowest BCUT2D eigenvalue weighted by Gasteiger charge is -2.31. The van der Waals surface area contributed by atoms with Gasteiger partial charge in [-0.3, -0.25) is 19.7 Å². The Morgan fingerprint density at radius 1 is 1.23 bits per heavy atom. The van der Waals surface area contributed by atoms with E-state index in [4.69, 9.17) is 0 Å². The van der Waals surface area contributed by atoms with Gasteiger partial charge < -0.3 is 4.90 Å². The van der Waals surface area contributed by atoms with E-state index in [-0.39, 0.29) is 5.91 Å². The highest BCUT2D eigenvalue weighted by atomic mass is 16.2. The quantitative estimate of drug-likeness (QED) is 0.854. The molecule has 0 saturated carbocycles. The van der Waals surface area contributed by atoms with Crippen LogP contribution in [0.1, 0.15) is 46.2 Å². The molecule has 2 aromatic heterocycles. The predicted molar refractivity (Wildman–Crippen MR) is 83.6 cm³/mol. The molecular formula is C17H20N4O. The van der Waals surface area contributed by atoms with Crippen molar-refractivity contribution in [2.24, 2.45) is 0 Å². The Kier molecular flexibility index (Phi) is 4.13. The summed E-state index contributed by atoms with van der Waals surface area (Å²) >= 11 is 0. The summed E-state index contributed by atoms with van der Waals surface area (Å²) < 4.78 is 0. The van der Waals surface area contributed by atoms with Crippen LogP contribution in [0.2, 0.25) is 0 Å². The first-order chi connectivity index (χ1) is 10.6. The lowest BCUT2D eigenvalue weighted by atomic mass is 9.93. The van der Waals surface area contributed by atoms with Crippen molar-refractivity contribution >= 4 is 5.91 Å². The Morgan fingerprint density at radius 3 is 2.68 bits per heavy atom. The third kappa shape index (κ3) is 2.98. The molecule has 1 fully saturated rings. The SMILES string of the molecule is Cc1cncc(C2CCN(C(=O)c3ncccc3C)CC2)n1.